The number of carbonyl (C=O) groups excluding carboxylic acids is 3. The lowest BCUT2D eigenvalue weighted by Crippen LogP contribution is -2.37. The van der Waals surface area contributed by atoms with E-state index in [2.05, 4.69) is 0 Å². The van der Waals surface area contributed by atoms with E-state index in [4.69, 9.17) is 14.6 Å². The Kier molecular flexibility index (Phi) is 3.84. The number of benzene rings is 1. The van der Waals surface area contributed by atoms with Crippen LogP contribution in [0.4, 0.5) is 0 Å². The summed E-state index contributed by atoms with van der Waals surface area (Å²) in [6, 6.07) is 5.69. The van der Waals surface area contributed by atoms with Gasteiger partial charge < -0.3 is 14.6 Å². The van der Waals surface area contributed by atoms with Gasteiger partial charge in [0, 0.05) is 0 Å². The highest BCUT2D eigenvalue weighted by atomic mass is 16.5. The zero-order valence-corrected chi connectivity index (χ0v) is 13.5. The van der Waals surface area contributed by atoms with Crippen LogP contribution < -0.4 is 0 Å². The van der Waals surface area contributed by atoms with Gasteiger partial charge in [-0.1, -0.05) is 24.3 Å². The molecule has 2 amide bonds. The summed E-state index contributed by atoms with van der Waals surface area (Å²) in [6.45, 7) is -0.265. The molecule has 2 saturated heterocycles. The van der Waals surface area contributed by atoms with Crippen LogP contribution >= 0.6 is 0 Å². The van der Waals surface area contributed by atoms with Crippen molar-refractivity contribution in [3.63, 3.8) is 0 Å². The largest absolute Gasteiger partial charge is 0.478 e. The molecule has 0 spiro atoms. The van der Waals surface area contributed by atoms with Crippen molar-refractivity contribution in [1.82, 2.24) is 4.90 Å². The molecule has 1 aromatic carbocycles. The summed E-state index contributed by atoms with van der Waals surface area (Å²) in [5.41, 5.74) is -0.244. The summed E-state index contributed by atoms with van der Waals surface area (Å²) in [4.78, 5) is 49.3. The summed E-state index contributed by atoms with van der Waals surface area (Å²) in [7, 11) is 0. The Hall–Kier alpha value is -3.00. The molecule has 8 heteroatoms. The first kappa shape index (κ1) is 16.5. The van der Waals surface area contributed by atoms with Gasteiger partial charge in [-0.25, -0.2) is 9.59 Å². The Labute approximate surface area is 148 Å². The van der Waals surface area contributed by atoms with E-state index < -0.39 is 23.8 Å². The molecule has 2 fully saturated rings. The number of amides is 2. The van der Waals surface area contributed by atoms with E-state index in [-0.39, 0.29) is 48.3 Å². The minimum Gasteiger partial charge on any atom is -0.478 e. The maximum absolute atomic E-state index is 12.4. The second-order valence-corrected chi connectivity index (χ2v) is 6.32. The van der Waals surface area contributed by atoms with E-state index in [0.29, 0.717) is 0 Å². The average molecular weight is 357 g/mol. The van der Waals surface area contributed by atoms with Crippen LogP contribution in [0.3, 0.4) is 0 Å². The summed E-state index contributed by atoms with van der Waals surface area (Å²) >= 11 is 0. The molecule has 8 nitrogen and oxygen atoms in total. The highest BCUT2D eigenvalue weighted by Gasteiger charge is 2.60. The molecule has 0 aromatic heterocycles. The fourth-order valence-corrected chi connectivity index (χ4v) is 3.74. The number of esters is 1. The molecule has 134 valence electrons. The minimum absolute atomic E-state index is 0.0644. The zero-order chi connectivity index (χ0) is 18.4. The van der Waals surface area contributed by atoms with Crippen molar-refractivity contribution in [3.05, 3.63) is 47.5 Å². The summed E-state index contributed by atoms with van der Waals surface area (Å²) in [5, 5.41) is 9.11. The van der Waals surface area contributed by atoms with Crippen molar-refractivity contribution < 1.29 is 33.8 Å². The molecule has 1 aromatic rings. The second kappa shape index (κ2) is 6.06. The van der Waals surface area contributed by atoms with Gasteiger partial charge in [-0.15, -0.1) is 0 Å². The Bertz CT molecular complexity index is 816. The predicted molar refractivity (Wildman–Crippen MR) is 85.2 cm³/mol. The monoisotopic (exact) mass is 357 g/mol. The Morgan fingerprint density at radius 1 is 1.04 bits per heavy atom. The number of hydrogen-bond donors (Lipinski definition) is 1. The lowest BCUT2D eigenvalue weighted by molar-refractivity contribution is -0.143. The van der Waals surface area contributed by atoms with Gasteiger partial charge in [0.15, 0.2) is 0 Å². The van der Waals surface area contributed by atoms with Crippen LogP contribution in [-0.2, 0) is 19.1 Å². The molecule has 26 heavy (non-hydrogen) atoms. The molecule has 2 bridgehead atoms. The molecule has 4 rings (SSSR count). The number of hydrogen-bond acceptors (Lipinski definition) is 6. The van der Waals surface area contributed by atoms with Gasteiger partial charge in [-0.2, -0.15) is 0 Å². The Balaban J connectivity index is 1.39. The number of aromatic carboxylic acids is 1. The molecule has 0 aliphatic carbocycles. The van der Waals surface area contributed by atoms with E-state index in [1.54, 1.807) is 12.2 Å². The highest BCUT2D eigenvalue weighted by molar-refractivity contribution is 6.07. The number of carboxylic acids is 1. The molecular formula is C18H15NO7. The topological polar surface area (TPSA) is 110 Å². The first-order chi connectivity index (χ1) is 12.5. The summed E-state index contributed by atoms with van der Waals surface area (Å²) in [6.07, 6.45) is 2.86. The van der Waals surface area contributed by atoms with Gasteiger partial charge in [-0.05, 0) is 12.1 Å². The van der Waals surface area contributed by atoms with Gasteiger partial charge in [0.2, 0.25) is 11.8 Å². The lowest BCUT2D eigenvalue weighted by Gasteiger charge is -2.17. The fourth-order valence-electron chi connectivity index (χ4n) is 3.74. The van der Waals surface area contributed by atoms with E-state index in [1.807, 2.05) is 0 Å². The fraction of sp³-hybridized carbons (Fsp3) is 0.333. The molecule has 3 heterocycles. The highest BCUT2D eigenvalue weighted by Crippen LogP contribution is 2.44. The number of carbonyl (C=O) groups is 4. The normalized spacial score (nSPS) is 28.5. The first-order valence-electron chi connectivity index (χ1n) is 8.17. The van der Waals surface area contributed by atoms with Gasteiger partial charge in [0.25, 0.3) is 0 Å². The molecule has 0 radical (unpaired) electrons. The molecular weight excluding hydrogens is 342 g/mol. The van der Waals surface area contributed by atoms with Crippen LogP contribution in [0.15, 0.2) is 36.4 Å². The smallest absolute Gasteiger partial charge is 0.339 e. The maximum Gasteiger partial charge on any atom is 0.339 e. The molecule has 3 aliphatic rings. The van der Waals surface area contributed by atoms with Crippen LogP contribution in [0.1, 0.15) is 20.7 Å². The standard InChI is InChI=1S/C18H15NO7/c20-15-13-11-5-6-12(26-11)14(13)16(21)19(15)7-8-25-18(24)10-4-2-1-3-9(10)17(22)23/h1-6,11-14H,7-8H2,(H,22,23). The zero-order valence-electron chi connectivity index (χ0n) is 13.5. The van der Waals surface area contributed by atoms with Gasteiger partial charge >= 0.3 is 11.9 Å². The van der Waals surface area contributed by atoms with E-state index >= 15 is 0 Å². The van der Waals surface area contributed by atoms with Crippen molar-refractivity contribution >= 4 is 23.8 Å². The molecule has 4 unspecified atom stereocenters. The summed E-state index contributed by atoms with van der Waals surface area (Å²) < 4.78 is 10.6. The summed E-state index contributed by atoms with van der Waals surface area (Å²) in [5.74, 6) is -3.69. The molecule has 3 aliphatic heterocycles. The number of ether oxygens (including phenoxy) is 2. The third-order valence-corrected chi connectivity index (χ3v) is 4.93. The van der Waals surface area contributed by atoms with Crippen molar-refractivity contribution in [1.29, 1.82) is 0 Å². The van der Waals surface area contributed by atoms with Crippen molar-refractivity contribution in [2.45, 2.75) is 12.2 Å². The second-order valence-electron chi connectivity index (χ2n) is 6.32. The number of nitrogens with zero attached hydrogens (tertiary/aromatic N) is 1. The Morgan fingerprint density at radius 3 is 2.19 bits per heavy atom. The van der Waals surface area contributed by atoms with Crippen molar-refractivity contribution in [2.24, 2.45) is 11.8 Å². The third-order valence-electron chi connectivity index (χ3n) is 4.93. The third kappa shape index (κ3) is 2.41. The molecule has 0 saturated carbocycles. The van der Waals surface area contributed by atoms with Crippen LogP contribution in [0.5, 0.6) is 0 Å². The van der Waals surface area contributed by atoms with E-state index in [1.165, 1.54) is 24.3 Å². The van der Waals surface area contributed by atoms with Gasteiger partial charge in [-0.3, -0.25) is 14.5 Å². The average Bonchev–Trinajstić information content (AvgIpc) is 3.31. The van der Waals surface area contributed by atoms with E-state index in [9.17, 15) is 19.2 Å². The van der Waals surface area contributed by atoms with Crippen LogP contribution in [0.2, 0.25) is 0 Å². The number of fused-ring (bicyclic) bond motifs is 5. The van der Waals surface area contributed by atoms with Crippen LogP contribution in [0, 0.1) is 11.8 Å². The van der Waals surface area contributed by atoms with Crippen molar-refractivity contribution in [2.75, 3.05) is 13.2 Å². The van der Waals surface area contributed by atoms with Crippen LogP contribution in [-0.4, -0.2) is 59.1 Å². The minimum atomic E-state index is -1.24. The number of rotatable bonds is 5. The number of likely N-dealkylation sites (tertiary alicyclic amines) is 1. The number of carboxylic acid groups (broad SMARTS) is 1. The van der Waals surface area contributed by atoms with E-state index in [0.717, 1.165) is 4.90 Å². The van der Waals surface area contributed by atoms with Crippen molar-refractivity contribution in [3.8, 4) is 0 Å². The lowest BCUT2D eigenvalue weighted by atomic mass is 9.85. The first-order valence-corrected chi connectivity index (χ1v) is 8.17. The molecule has 1 N–H and O–H groups in total. The Morgan fingerprint density at radius 2 is 1.62 bits per heavy atom. The molecule has 4 atom stereocenters. The SMILES string of the molecule is O=C(O)c1ccccc1C(=O)OCCN1C(=O)C2C3C=CC(O3)C2C1=O. The number of imide groups is 1. The quantitative estimate of drug-likeness (QED) is 0.464. The van der Waals surface area contributed by atoms with Gasteiger partial charge in [0.1, 0.15) is 6.61 Å². The predicted octanol–water partition coefficient (Wildman–Crippen LogP) is 0.480. The van der Waals surface area contributed by atoms with Crippen LogP contribution in [0.25, 0.3) is 0 Å². The van der Waals surface area contributed by atoms with Gasteiger partial charge in [0.05, 0.1) is 41.7 Å². The maximum atomic E-state index is 12.4.